The first-order chi connectivity index (χ1) is 14.3. The van der Waals surface area contributed by atoms with E-state index in [-0.39, 0.29) is 0 Å². The van der Waals surface area contributed by atoms with Crippen LogP contribution in [0.2, 0.25) is 17.3 Å². The Morgan fingerprint density at radius 3 is 2.40 bits per heavy atom. The fourth-order valence-corrected chi connectivity index (χ4v) is 7.75. The summed E-state index contributed by atoms with van der Waals surface area (Å²) in [5.74, 6) is 7.44. The fraction of sp³-hybridized carbons (Fsp3) is 0.222. The summed E-state index contributed by atoms with van der Waals surface area (Å²) in [5.41, 5.74) is 8.08. The average molecular weight is 452 g/mol. The van der Waals surface area contributed by atoms with Crippen LogP contribution in [0.4, 0.5) is 0 Å². The molecular weight excluding hydrogens is 425 g/mol. The van der Waals surface area contributed by atoms with E-state index >= 15 is 0 Å². The van der Waals surface area contributed by atoms with E-state index in [0.717, 1.165) is 0 Å². The van der Waals surface area contributed by atoms with Crippen LogP contribution in [0.25, 0.3) is 49.0 Å². The van der Waals surface area contributed by atoms with Gasteiger partial charge in [0.25, 0.3) is 0 Å². The standard InChI is InChI=1S/C27H27GeN2/c1-16-14-18-8-7-9-23-25(18)24(17(16)2)27-26-20(12-13-29(27)6)21-15-19(28(3,4)5)10-11-22(21)30(23)26/h7-15H,1-6H3/q+1. The Bertz CT molecular complexity index is 1650. The zero-order chi connectivity index (χ0) is 20.9. The van der Waals surface area contributed by atoms with Crippen LogP contribution in [-0.4, -0.2) is 17.7 Å². The molecule has 0 N–H and O–H groups in total. The van der Waals surface area contributed by atoms with Gasteiger partial charge in [-0.3, -0.25) is 0 Å². The maximum atomic E-state index is 2.52. The first kappa shape index (κ1) is 18.2. The molecule has 0 aliphatic rings. The number of hydrogen-bond donors (Lipinski definition) is 0. The summed E-state index contributed by atoms with van der Waals surface area (Å²) in [4.78, 5) is 0. The van der Waals surface area contributed by atoms with Crippen molar-refractivity contribution < 1.29 is 4.57 Å². The summed E-state index contributed by atoms with van der Waals surface area (Å²) < 4.78 is 6.40. The summed E-state index contributed by atoms with van der Waals surface area (Å²) in [6, 6.07) is 18.7. The first-order valence-electron chi connectivity index (χ1n) is 10.8. The van der Waals surface area contributed by atoms with E-state index in [0.29, 0.717) is 0 Å². The Balaban J connectivity index is 2.02. The van der Waals surface area contributed by atoms with Gasteiger partial charge in [-0.05, 0) is 0 Å². The molecule has 0 radical (unpaired) electrons. The number of fused-ring (bicyclic) bond motifs is 5. The minimum atomic E-state index is -1.92. The molecule has 3 heteroatoms. The van der Waals surface area contributed by atoms with Crippen LogP contribution >= 0.6 is 0 Å². The molecule has 6 rings (SSSR count). The van der Waals surface area contributed by atoms with Gasteiger partial charge in [-0.15, -0.1) is 0 Å². The Labute approximate surface area is 179 Å². The van der Waals surface area contributed by atoms with E-state index in [1.165, 1.54) is 60.1 Å². The van der Waals surface area contributed by atoms with Crippen molar-refractivity contribution in [2.45, 2.75) is 31.1 Å². The molecule has 0 fully saturated rings. The normalized spacial score (nSPS) is 13.0. The van der Waals surface area contributed by atoms with Crippen molar-refractivity contribution in [1.82, 2.24) is 4.40 Å². The van der Waals surface area contributed by atoms with Gasteiger partial charge in [0, 0.05) is 0 Å². The Hall–Kier alpha value is -2.59. The van der Waals surface area contributed by atoms with Crippen molar-refractivity contribution in [2.75, 3.05) is 0 Å². The summed E-state index contributed by atoms with van der Waals surface area (Å²) in [5, 5.41) is 6.87. The molecule has 148 valence electrons. The number of aromatic nitrogens is 2. The van der Waals surface area contributed by atoms with Crippen molar-refractivity contribution in [1.29, 1.82) is 0 Å². The van der Waals surface area contributed by atoms with Gasteiger partial charge >= 0.3 is 180 Å². The van der Waals surface area contributed by atoms with Crippen molar-refractivity contribution >= 4 is 66.7 Å². The van der Waals surface area contributed by atoms with Gasteiger partial charge in [-0.25, -0.2) is 0 Å². The van der Waals surface area contributed by atoms with Crippen LogP contribution in [0.5, 0.6) is 0 Å². The molecule has 0 aliphatic carbocycles. The molecule has 0 amide bonds. The van der Waals surface area contributed by atoms with Gasteiger partial charge in [0.1, 0.15) is 0 Å². The minimum absolute atomic E-state index is 1.31. The van der Waals surface area contributed by atoms with Gasteiger partial charge in [-0.1, -0.05) is 0 Å². The summed E-state index contributed by atoms with van der Waals surface area (Å²) in [6.07, 6.45) is 2.24. The molecule has 0 saturated carbocycles. The van der Waals surface area contributed by atoms with Crippen molar-refractivity contribution in [3.05, 3.63) is 65.9 Å². The molecule has 3 aromatic carbocycles. The van der Waals surface area contributed by atoms with Crippen LogP contribution in [0.1, 0.15) is 11.1 Å². The van der Waals surface area contributed by atoms with E-state index in [1.807, 2.05) is 0 Å². The molecule has 0 spiro atoms. The zero-order valence-corrected chi connectivity index (χ0v) is 20.7. The quantitative estimate of drug-likeness (QED) is 0.126. The van der Waals surface area contributed by atoms with Gasteiger partial charge in [0.05, 0.1) is 0 Å². The second-order valence-corrected chi connectivity index (χ2v) is 20.6. The van der Waals surface area contributed by atoms with Gasteiger partial charge in [0.2, 0.25) is 0 Å². The molecule has 3 aromatic heterocycles. The van der Waals surface area contributed by atoms with E-state index < -0.39 is 13.3 Å². The summed E-state index contributed by atoms with van der Waals surface area (Å²) in [7, 11) is 2.19. The van der Waals surface area contributed by atoms with E-state index in [1.54, 1.807) is 4.40 Å². The summed E-state index contributed by atoms with van der Waals surface area (Å²) >= 11 is -1.92. The van der Waals surface area contributed by atoms with Gasteiger partial charge in [0.15, 0.2) is 0 Å². The second-order valence-electron chi connectivity index (χ2n) is 9.92. The molecule has 30 heavy (non-hydrogen) atoms. The summed E-state index contributed by atoms with van der Waals surface area (Å²) in [6.45, 7) is 4.52. The topological polar surface area (TPSA) is 8.29 Å². The van der Waals surface area contributed by atoms with E-state index in [2.05, 4.69) is 102 Å². The molecule has 0 unspecified atom stereocenters. The molecule has 0 aliphatic heterocycles. The van der Waals surface area contributed by atoms with Gasteiger partial charge in [-0.2, -0.15) is 0 Å². The third-order valence-corrected chi connectivity index (χ3v) is 11.3. The zero-order valence-electron chi connectivity index (χ0n) is 18.6. The Kier molecular flexibility index (Phi) is 3.50. The molecular formula is C27H27GeN2+. The number of benzene rings is 3. The fourth-order valence-electron chi connectivity index (χ4n) is 5.32. The third kappa shape index (κ3) is 2.18. The van der Waals surface area contributed by atoms with Crippen LogP contribution in [0.3, 0.4) is 0 Å². The maximum absolute atomic E-state index is 2.52. The number of aryl methyl sites for hydroxylation is 3. The predicted molar refractivity (Wildman–Crippen MR) is 132 cm³/mol. The molecule has 3 heterocycles. The molecule has 6 aromatic rings. The van der Waals surface area contributed by atoms with Crippen molar-refractivity contribution in [3.8, 4) is 0 Å². The first-order valence-corrected chi connectivity index (χ1v) is 18.1. The van der Waals surface area contributed by atoms with E-state index in [9.17, 15) is 0 Å². The van der Waals surface area contributed by atoms with Crippen LogP contribution in [0, 0.1) is 13.8 Å². The Morgan fingerprint density at radius 1 is 0.833 bits per heavy atom. The average Bonchev–Trinajstić information content (AvgIpc) is 3.03. The molecule has 0 atom stereocenters. The second kappa shape index (κ2) is 5.76. The molecule has 2 nitrogen and oxygen atoms in total. The number of hydrogen-bond acceptors (Lipinski definition) is 0. The van der Waals surface area contributed by atoms with Crippen LogP contribution in [-0.2, 0) is 7.05 Å². The number of nitrogens with zero attached hydrogens (tertiary/aromatic N) is 2. The third-order valence-electron chi connectivity index (χ3n) is 7.06. The number of pyridine rings is 2. The molecule has 0 bridgehead atoms. The van der Waals surface area contributed by atoms with Gasteiger partial charge < -0.3 is 0 Å². The van der Waals surface area contributed by atoms with Crippen molar-refractivity contribution in [3.63, 3.8) is 0 Å². The van der Waals surface area contributed by atoms with Crippen LogP contribution in [0.15, 0.2) is 54.7 Å². The van der Waals surface area contributed by atoms with E-state index in [4.69, 9.17) is 0 Å². The Morgan fingerprint density at radius 2 is 1.63 bits per heavy atom. The van der Waals surface area contributed by atoms with Crippen molar-refractivity contribution in [2.24, 2.45) is 7.05 Å². The van der Waals surface area contributed by atoms with Crippen LogP contribution < -0.4 is 8.96 Å². The SMILES string of the molecule is Cc1cc2cccc3c2c(c1C)c1c2c(cc[n+]1C)c1c[c]([Ge]([CH3])([CH3])[CH3])ccc1n32. The monoisotopic (exact) mass is 453 g/mol. The molecule has 0 saturated heterocycles. The predicted octanol–water partition coefficient (Wildman–Crippen LogP) is 5.98. The number of rotatable bonds is 1.